The molecule has 0 aliphatic heterocycles. The molecule has 42 valence electrons. The first-order chi connectivity index (χ1) is 2.96. The van der Waals surface area contributed by atoms with Gasteiger partial charge in [0.25, 0.3) is 0 Å². The van der Waals surface area contributed by atoms with Gasteiger partial charge in [0.1, 0.15) is 0 Å². The van der Waals surface area contributed by atoms with Gasteiger partial charge in [-0.3, -0.25) is 0 Å². The predicted molar refractivity (Wildman–Crippen MR) is 31.0 cm³/mol. The molecule has 1 saturated carbocycles. The molecule has 0 spiro atoms. The molecule has 1 nitrogen and oxygen atoms in total. The SMILES string of the molecule is CC1(C)CC1(C)N. The molecule has 1 atom stereocenters. The van der Waals surface area contributed by atoms with Gasteiger partial charge >= 0.3 is 0 Å². The normalized spacial score (nSPS) is 46.3. The van der Waals surface area contributed by atoms with Crippen LogP contribution in [0.3, 0.4) is 0 Å². The van der Waals surface area contributed by atoms with E-state index in [0.29, 0.717) is 5.41 Å². The van der Waals surface area contributed by atoms with Crippen molar-refractivity contribution in [2.75, 3.05) is 0 Å². The van der Waals surface area contributed by atoms with E-state index in [0.717, 1.165) is 0 Å². The fraction of sp³-hybridized carbons (Fsp3) is 1.00. The molecule has 1 heteroatoms. The summed E-state index contributed by atoms with van der Waals surface area (Å²) in [5.41, 5.74) is 6.31. The molecular formula is C6H13N. The van der Waals surface area contributed by atoms with Crippen molar-refractivity contribution in [1.82, 2.24) is 0 Å². The second kappa shape index (κ2) is 0.873. The van der Waals surface area contributed by atoms with Crippen molar-refractivity contribution < 1.29 is 0 Å². The zero-order chi connectivity index (χ0) is 5.71. The van der Waals surface area contributed by atoms with Gasteiger partial charge in [0, 0.05) is 5.54 Å². The summed E-state index contributed by atoms with van der Waals surface area (Å²) in [7, 11) is 0. The van der Waals surface area contributed by atoms with E-state index < -0.39 is 0 Å². The maximum atomic E-state index is 5.74. The maximum absolute atomic E-state index is 5.74. The Hall–Kier alpha value is -0.0400. The van der Waals surface area contributed by atoms with E-state index in [1.165, 1.54) is 6.42 Å². The number of nitrogens with two attached hydrogens (primary N) is 1. The van der Waals surface area contributed by atoms with E-state index in [1.54, 1.807) is 0 Å². The monoisotopic (exact) mass is 99.1 g/mol. The van der Waals surface area contributed by atoms with Crippen LogP contribution in [0.15, 0.2) is 0 Å². The van der Waals surface area contributed by atoms with Gasteiger partial charge in [0.2, 0.25) is 0 Å². The Morgan fingerprint density at radius 2 is 1.43 bits per heavy atom. The first-order valence-corrected chi connectivity index (χ1v) is 2.75. The van der Waals surface area contributed by atoms with Crippen LogP contribution in [0.2, 0.25) is 0 Å². The quantitative estimate of drug-likeness (QED) is 0.484. The maximum Gasteiger partial charge on any atom is 0.0183 e. The fourth-order valence-corrected chi connectivity index (χ4v) is 0.874. The highest BCUT2D eigenvalue weighted by Gasteiger charge is 2.54. The van der Waals surface area contributed by atoms with E-state index in [2.05, 4.69) is 20.8 Å². The molecule has 2 N–H and O–H groups in total. The van der Waals surface area contributed by atoms with E-state index in [4.69, 9.17) is 5.73 Å². The molecule has 0 radical (unpaired) electrons. The third-order valence-electron chi connectivity index (χ3n) is 2.23. The first-order valence-electron chi connectivity index (χ1n) is 2.75. The Bertz CT molecular complexity index is 80.4. The molecular weight excluding hydrogens is 86.1 g/mol. The predicted octanol–water partition coefficient (Wildman–Crippen LogP) is 1.13. The third-order valence-corrected chi connectivity index (χ3v) is 2.23. The second-order valence-electron chi connectivity index (χ2n) is 3.48. The van der Waals surface area contributed by atoms with Gasteiger partial charge in [0.15, 0.2) is 0 Å². The largest absolute Gasteiger partial charge is 0.325 e. The van der Waals surface area contributed by atoms with Gasteiger partial charge in [-0.25, -0.2) is 0 Å². The lowest BCUT2D eigenvalue weighted by Gasteiger charge is -2.04. The molecule has 0 aromatic heterocycles. The molecule has 1 aliphatic carbocycles. The van der Waals surface area contributed by atoms with Crippen molar-refractivity contribution in [3.05, 3.63) is 0 Å². The molecule has 1 fully saturated rings. The van der Waals surface area contributed by atoms with Crippen molar-refractivity contribution in [1.29, 1.82) is 0 Å². The van der Waals surface area contributed by atoms with Crippen LogP contribution in [-0.2, 0) is 0 Å². The molecule has 1 unspecified atom stereocenters. The number of hydrogen-bond donors (Lipinski definition) is 1. The molecule has 1 rings (SSSR count). The lowest BCUT2D eigenvalue weighted by atomic mass is 10.1. The lowest BCUT2D eigenvalue weighted by molar-refractivity contribution is 0.525. The Labute approximate surface area is 44.9 Å². The summed E-state index contributed by atoms with van der Waals surface area (Å²) >= 11 is 0. The van der Waals surface area contributed by atoms with E-state index in [-0.39, 0.29) is 5.54 Å². The average Bonchev–Trinajstić information content (AvgIpc) is 1.63. The summed E-state index contributed by atoms with van der Waals surface area (Å²) in [5, 5.41) is 0. The molecule has 0 aromatic rings. The molecule has 0 saturated heterocycles. The Balaban J connectivity index is 2.59. The first kappa shape index (κ1) is 5.10. The van der Waals surface area contributed by atoms with Crippen LogP contribution in [0.4, 0.5) is 0 Å². The number of rotatable bonds is 0. The van der Waals surface area contributed by atoms with Gasteiger partial charge in [-0.2, -0.15) is 0 Å². The van der Waals surface area contributed by atoms with Gasteiger partial charge < -0.3 is 5.73 Å². The Morgan fingerprint density at radius 3 is 1.43 bits per heavy atom. The van der Waals surface area contributed by atoms with Crippen LogP contribution in [0, 0.1) is 5.41 Å². The van der Waals surface area contributed by atoms with Crippen molar-refractivity contribution in [2.24, 2.45) is 11.1 Å². The summed E-state index contributed by atoms with van der Waals surface area (Å²) in [6.45, 7) is 6.51. The molecule has 0 amide bonds. The van der Waals surface area contributed by atoms with Gasteiger partial charge in [0.05, 0.1) is 0 Å². The van der Waals surface area contributed by atoms with Gasteiger partial charge in [-0.05, 0) is 18.8 Å². The van der Waals surface area contributed by atoms with Crippen LogP contribution in [0.1, 0.15) is 27.2 Å². The fourth-order valence-electron chi connectivity index (χ4n) is 0.874. The van der Waals surface area contributed by atoms with Crippen molar-refractivity contribution in [2.45, 2.75) is 32.7 Å². The van der Waals surface area contributed by atoms with Gasteiger partial charge in [-0.1, -0.05) is 13.8 Å². The van der Waals surface area contributed by atoms with Gasteiger partial charge in [-0.15, -0.1) is 0 Å². The topological polar surface area (TPSA) is 26.0 Å². The van der Waals surface area contributed by atoms with E-state index >= 15 is 0 Å². The van der Waals surface area contributed by atoms with Crippen molar-refractivity contribution >= 4 is 0 Å². The van der Waals surface area contributed by atoms with Crippen LogP contribution in [-0.4, -0.2) is 5.54 Å². The minimum absolute atomic E-state index is 0.146. The van der Waals surface area contributed by atoms with Crippen LogP contribution < -0.4 is 5.73 Å². The third kappa shape index (κ3) is 0.556. The molecule has 7 heavy (non-hydrogen) atoms. The average molecular weight is 99.2 g/mol. The van der Waals surface area contributed by atoms with E-state index in [9.17, 15) is 0 Å². The minimum Gasteiger partial charge on any atom is -0.325 e. The van der Waals surface area contributed by atoms with Crippen LogP contribution >= 0.6 is 0 Å². The summed E-state index contributed by atoms with van der Waals surface area (Å²) in [6.07, 6.45) is 1.18. The zero-order valence-electron chi connectivity index (χ0n) is 5.28. The highest BCUT2D eigenvalue weighted by Crippen LogP contribution is 2.52. The summed E-state index contributed by atoms with van der Waals surface area (Å²) in [4.78, 5) is 0. The summed E-state index contributed by atoms with van der Waals surface area (Å²) < 4.78 is 0. The number of hydrogen-bond acceptors (Lipinski definition) is 1. The Kier molecular flexibility index (Phi) is 0.636. The molecule has 0 aromatic carbocycles. The summed E-state index contributed by atoms with van der Waals surface area (Å²) in [6, 6.07) is 0. The highest BCUT2D eigenvalue weighted by molar-refractivity contribution is 5.11. The van der Waals surface area contributed by atoms with Crippen LogP contribution in [0.5, 0.6) is 0 Å². The zero-order valence-corrected chi connectivity index (χ0v) is 5.28. The Morgan fingerprint density at radius 1 is 1.29 bits per heavy atom. The molecule has 0 bridgehead atoms. The van der Waals surface area contributed by atoms with Crippen LogP contribution in [0.25, 0.3) is 0 Å². The highest BCUT2D eigenvalue weighted by atomic mass is 14.9. The molecule has 0 heterocycles. The standard InChI is InChI=1S/C6H13N/c1-5(2)4-6(5,3)7/h4,7H2,1-3H3. The lowest BCUT2D eigenvalue weighted by Crippen LogP contribution is -2.22. The molecule has 1 aliphatic rings. The minimum atomic E-state index is 0.146. The smallest absolute Gasteiger partial charge is 0.0183 e. The second-order valence-corrected chi connectivity index (χ2v) is 3.48. The van der Waals surface area contributed by atoms with Crippen molar-refractivity contribution in [3.63, 3.8) is 0 Å². The van der Waals surface area contributed by atoms with E-state index in [1.807, 2.05) is 0 Å². The van der Waals surface area contributed by atoms with Crippen molar-refractivity contribution in [3.8, 4) is 0 Å². The summed E-state index contributed by atoms with van der Waals surface area (Å²) in [5.74, 6) is 0.